The van der Waals surface area contributed by atoms with Crippen LogP contribution in [0.1, 0.15) is 34.1 Å². The molecular weight excluding hydrogens is 380 g/mol. The quantitative estimate of drug-likeness (QED) is 0.546. The average Bonchev–Trinajstić information content (AvgIpc) is 2.97. The molecule has 30 heavy (non-hydrogen) atoms. The van der Waals surface area contributed by atoms with E-state index in [0.29, 0.717) is 24.5 Å². The number of rotatable bonds is 8. The molecule has 6 nitrogen and oxygen atoms in total. The van der Waals surface area contributed by atoms with Crippen molar-refractivity contribution in [2.75, 3.05) is 25.1 Å². The molecule has 0 aliphatic rings. The molecule has 0 bridgehead atoms. The van der Waals surface area contributed by atoms with Crippen LogP contribution in [0.5, 0.6) is 5.75 Å². The van der Waals surface area contributed by atoms with Gasteiger partial charge in [0, 0.05) is 35.9 Å². The zero-order chi connectivity index (χ0) is 21.8. The maximum atomic E-state index is 12.4. The van der Waals surface area contributed by atoms with Gasteiger partial charge in [0.05, 0.1) is 12.2 Å². The Morgan fingerprint density at radius 3 is 2.70 bits per heavy atom. The molecule has 0 aliphatic carbocycles. The molecule has 0 unspecified atom stereocenters. The van der Waals surface area contributed by atoms with E-state index in [0.717, 1.165) is 22.3 Å². The Kier molecular flexibility index (Phi) is 6.67. The molecule has 1 aromatic heterocycles. The smallest absolute Gasteiger partial charge is 0.340 e. The van der Waals surface area contributed by atoms with Crippen LogP contribution in [0.3, 0.4) is 0 Å². The van der Waals surface area contributed by atoms with Crippen LogP contribution in [0.2, 0.25) is 0 Å². The lowest BCUT2D eigenvalue weighted by molar-refractivity contribution is 0.0527. The maximum Gasteiger partial charge on any atom is 0.340 e. The molecule has 1 atom stereocenters. The molecule has 0 amide bonds. The number of carbonyl (C=O) groups excluding carboxylic acids is 1. The number of nitrogens with zero attached hydrogens (tertiary/aromatic N) is 1. The molecule has 2 N–H and O–H groups in total. The highest BCUT2D eigenvalue weighted by molar-refractivity contribution is 6.06. The third-order valence-corrected chi connectivity index (χ3v) is 5.52. The molecule has 6 heteroatoms. The maximum absolute atomic E-state index is 12.4. The molecule has 2 aromatic carbocycles. The SMILES string of the molecule is CCOC(=O)c1c(C)n(C)c2ccc(OC[C@@H](O)CNc3cccc(C)c3C)cc12. The number of aryl methyl sites for hydroxylation is 2. The van der Waals surface area contributed by atoms with Gasteiger partial charge < -0.3 is 24.5 Å². The predicted octanol–water partition coefficient (Wildman–Crippen LogP) is 4.13. The lowest BCUT2D eigenvalue weighted by atomic mass is 10.1. The summed E-state index contributed by atoms with van der Waals surface area (Å²) in [4.78, 5) is 12.4. The van der Waals surface area contributed by atoms with Crippen LogP contribution >= 0.6 is 0 Å². The number of hydrogen-bond donors (Lipinski definition) is 2. The predicted molar refractivity (Wildman–Crippen MR) is 120 cm³/mol. The summed E-state index contributed by atoms with van der Waals surface area (Å²) in [7, 11) is 1.92. The fourth-order valence-electron chi connectivity index (χ4n) is 3.52. The summed E-state index contributed by atoms with van der Waals surface area (Å²) in [5.41, 5.74) is 5.71. The molecule has 160 valence electrons. The molecular formula is C24H30N2O4. The Bertz CT molecular complexity index is 1060. The number of aliphatic hydroxyl groups excluding tert-OH is 1. The Labute approximate surface area is 177 Å². The van der Waals surface area contributed by atoms with Gasteiger partial charge in [0.15, 0.2) is 0 Å². The fraction of sp³-hybridized carbons (Fsp3) is 0.375. The molecule has 0 saturated carbocycles. The number of aliphatic hydroxyl groups is 1. The number of anilines is 1. The van der Waals surface area contributed by atoms with Crippen molar-refractivity contribution >= 4 is 22.6 Å². The van der Waals surface area contributed by atoms with Gasteiger partial charge >= 0.3 is 5.97 Å². The van der Waals surface area contributed by atoms with Gasteiger partial charge in [-0.15, -0.1) is 0 Å². The van der Waals surface area contributed by atoms with Gasteiger partial charge in [0.25, 0.3) is 0 Å². The van der Waals surface area contributed by atoms with Gasteiger partial charge in [0.2, 0.25) is 0 Å². The van der Waals surface area contributed by atoms with Crippen molar-refractivity contribution in [3.8, 4) is 5.75 Å². The van der Waals surface area contributed by atoms with E-state index in [1.807, 2.05) is 48.9 Å². The van der Waals surface area contributed by atoms with E-state index >= 15 is 0 Å². The summed E-state index contributed by atoms with van der Waals surface area (Å²) in [6.45, 7) is 8.65. The van der Waals surface area contributed by atoms with Crippen LogP contribution in [-0.2, 0) is 11.8 Å². The number of benzene rings is 2. The van der Waals surface area contributed by atoms with Gasteiger partial charge in [-0.25, -0.2) is 4.79 Å². The molecule has 3 rings (SSSR count). The Morgan fingerprint density at radius 1 is 1.20 bits per heavy atom. The highest BCUT2D eigenvalue weighted by Gasteiger charge is 2.20. The number of nitrogens with one attached hydrogen (secondary N) is 1. The lowest BCUT2D eigenvalue weighted by Gasteiger charge is -2.16. The topological polar surface area (TPSA) is 72.7 Å². The number of ether oxygens (including phenoxy) is 2. The van der Waals surface area contributed by atoms with Crippen molar-refractivity contribution < 1.29 is 19.4 Å². The Hall–Kier alpha value is -2.99. The summed E-state index contributed by atoms with van der Waals surface area (Å²) in [5.74, 6) is 0.264. The molecule has 0 aliphatic heterocycles. The summed E-state index contributed by atoms with van der Waals surface area (Å²) in [6, 6.07) is 11.7. The van der Waals surface area contributed by atoms with Gasteiger partial charge in [-0.3, -0.25) is 0 Å². The zero-order valence-corrected chi connectivity index (χ0v) is 18.3. The zero-order valence-electron chi connectivity index (χ0n) is 18.3. The Morgan fingerprint density at radius 2 is 1.97 bits per heavy atom. The second-order valence-corrected chi connectivity index (χ2v) is 7.51. The summed E-state index contributed by atoms with van der Waals surface area (Å²) >= 11 is 0. The number of fused-ring (bicyclic) bond motifs is 1. The summed E-state index contributed by atoms with van der Waals surface area (Å²) in [5, 5.41) is 14.4. The lowest BCUT2D eigenvalue weighted by Crippen LogP contribution is -2.26. The third kappa shape index (κ3) is 4.44. The van der Waals surface area contributed by atoms with E-state index in [1.165, 1.54) is 11.1 Å². The first kappa shape index (κ1) is 21.7. The standard InChI is InChI=1S/C24H30N2O4/c1-6-29-24(28)23-17(4)26(5)22-11-10-19(12-20(22)23)30-14-18(27)13-25-21-9-7-8-15(2)16(21)3/h7-12,18,25,27H,6,13-14H2,1-5H3/t18-/m0/s1. The van der Waals surface area contributed by atoms with Crippen LogP contribution in [0, 0.1) is 20.8 Å². The fourth-order valence-corrected chi connectivity index (χ4v) is 3.52. The van der Waals surface area contributed by atoms with Gasteiger partial charge in [-0.2, -0.15) is 0 Å². The Balaban J connectivity index is 1.69. The van der Waals surface area contributed by atoms with Crippen LogP contribution in [0.15, 0.2) is 36.4 Å². The minimum absolute atomic E-state index is 0.143. The second kappa shape index (κ2) is 9.22. The highest BCUT2D eigenvalue weighted by Crippen LogP contribution is 2.29. The van der Waals surface area contributed by atoms with Gasteiger partial charge in [0.1, 0.15) is 18.5 Å². The van der Waals surface area contributed by atoms with E-state index in [1.54, 1.807) is 6.92 Å². The van der Waals surface area contributed by atoms with E-state index in [2.05, 4.69) is 25.2 Å². The first-order chi connectivity index (χ1) is 14.3. The average molecular weight is 411 g/mol. The molecule has 0 fully saturated rings. The van der Waals surface area contributed by atoms with E-state index < -0.39 is 6.10 Å². The normalized spacial score (nSPS) is 12.1. The number of esters is 1. The van der Waals surface area contributed by atoms with Gasteiger partial charge in [-0.1, -0.05) is 12.1 Å². The van der Waals surface area contributed by atoms with Crippen molar-refractivity contribution in [1.29, 1.82) is 0 Å². The number of carbonyl (C=O) groups is 1. The monoisotopic (exact) mass is 410 g/mol. The van der Waals surface area contributed by atoms with Crippen LogP contribution in [0.25, 0.3) is 10.9 Å². The second-order valence-electron chi connectivity index (χ2n) is 7.51. The number of hydrogen-bond acceptors (Lipinski definition) is 5. The van der Waals surface area contributed by atoms with Crippen molar-refractivity contribution in [3.63, 3.8) is 0 Å². The molecule has 0 radical (unpaired) electrons. The minimum Gasteiger partial charge on any atom is -0.491 e. The van der Waals surface area contributed by atoms with Crippen molar-refractivity contribution in [2.45, 2.75) is 33.8 Å². The largest absolute Gasteiger partial charge is 0.491 e. The van der Waals surface area contributed by atoms with E-state index in [4.69, 9.17) is 9.47 Å². The van der Waals surface area contributed by atoms with E-state index in [9.17, 15) is 9.90 Å². The summed E-state index contributed by atoms with van der Waals surface area (Å²) < 4.78 is 13.0. The van der Waals surface area contributed by atoms with E-state index in [-0.39, 0.29) is 12.6 Å². The molecule has 3 aromatic rings. The number of aromatic nitrogens is 1. The molecule has 0 saturated heterocycles. The van der Waals surface area contributed by atoms with Gasteiger partial charge in [-0.05, 0) is 63.1 Å². The van der Waals surface area contributed by atoms with Crippen molar-refractivity contribution in [2.24, 2.45) is 7.05 Å². The van der Waals surface area contributed by atoms with Crippen LogP contribution in [0.4, 0.5) is 5.69 Å². The van der Waals surface area contributed by atoms with Crippen LogP contribution < -0.4 is 10.1 Å². The van der Waals surface area contributed by atoms with Crippen molar-refractivity contribution in [1.82, 2.24) is 4.57 Å². The summed E-state index contributed by atoms with van der Waals surface area (Å²) in [6.07, 6.45) is -0.678. The van der Waals surface area contributed by atoms with Crippen LogP contribution in [-0.4, -0.2) is 41.5 Å². The first-order valence-electron chi connectivity index (χ1n) is 10.2. The minimum atomic E-state index is -0.678. The first-order valence-corrected chi connectivity index (χ1v) is 10.2. The molecule has 0 spiro atoms. The highest BCUT2D eigenvalue weighted by atomic mass is 16.5. The third-order valence-electron chi connectivity index (χ3n) is 5.52. The van der Waals surface area contributed by atoms with Crippen molar-refractivity contribution in [3.05, 3.63) is 58.8 Å². The molecule has 1 heterocycles.